The van der Waals surface area contributed by atoms with Crippen LogP contribution in [0.5, 0.6) is 0 Å². The van der Waals surface area contributed by atoms with Crippen molar-refractivity contribution in [3.05, 3.63) is 30.3 Å². The lowest BCUT2D eigenvalue weighted by Crippen LogP contribution is -2.47. The lowest BCUT2D eigenvalue weighted by Gasteiger charge is -2.19. The molecule has 0 spiro atoms. The number of sulfone groups is 1. The third kappa shape index (κ3) is 4.28. The van der Waals surface area contributed by atoms with Crippen LogP contribution in [0.25, 0.3) is 0 Å². The summed E-state index contributed by atoms with van der Waals surface area (Å²) in [4.78, 5) is 12.4. The Morgan fingerprint density at radius 3 is 2.67 bits per heavy atom. The van der Waals surface area contributed by atoms with Gasteiger partial charge in [-0.2, -0.15) is 0 Å². The number of benzene rings is 1. The molecule has 116 valence electrons. The van der Waals surface area contributed by atoms with Gasteiger partial charge in [0.05, 0.1) is 16.7 Å². The minimum Gasteiger partial charge on any atom is -0.351 e. The summed E-state index contributed by atoms with van der Waals surface area (Å²) in [6, 6.07) is 7.82. The van der Waals surface area contributed by atoms with Crippen LogP contribution >= 0.6 is 0 Å². The maximum atomic E-state index is 12.3. The molecule has 2 N–H and O–H groups in total. The second-order valence-corrected chi connectivity index (χ2v) is 7.39. The average Bonchev–Trinajstić information content (AvgIpc) is 3.01. The van der Waals surface area contributed by atoms with Gasteiger partial charge in [-0.05, 0) is 37.9 Å². The molecule has 0 bridgehead atoms. The van der Waals surface area contributed by atoms with Gasteiger partial charge in [0.15, 0.2) is 9.84 Å². The molecule has 0 radical (unpaired) electrons. The molecule has 2 rings (SSSR count). The molecule has 0 unspecified atom stereocenters. The molecule has 5 nitrogen and oxygen atoms in total. The SMILES string of the molecule is CC[C@H](CS(=O)(=O)c1ccccc1)NC(=O)[C@@H]1CCCN1. The second-order valence-electron chi connectivity index (χ2n) is 5.36. The van der Waals surface area contributed by atoms with Crippen molar-refractivity contribution in [1.82, 2.24) is 10.6 Å². The molecule has 1 aliphatic heterocycles. The number of hydrogen-bond acceptors (Lipinski definition) is 4. The molecule has 1 aromatic rings. The number of amides is 1. The Morgan fingerprint density at radius 1 is 1.38 bits per heavy atom. The van der Waals surface area contributed by atoms with Crippen LogP contribution < -0.4 is 10.6 Å². The van der Waals surface area contributed by atoms with Crippen molar-refractivity contribution in [3.63, 3.8) is 0 Å². The first-order valence-electron chi connectivity index (χ1n) is 7.34. The third-order valence-corrected chi connectivity index (χ3v) is 5.57. The zero-order chi connectivity index (χ0) is 15.3. The molecular formula is C15H22N2O3S. The van der Waals surface area contributed by atoms with Crippen molar-refractivity contribution < 1.29 is 13.2 Å². The third-order valence-electron chi connectivity index (χ3n) is 3.74. The number of rotatable bonds is 6. The average molecular weight is 310 g/mol. The van der Waals surface area contributed by atoms with Gasteiger partial charge in [0.2, 0.25) is 5.91 Å². The van der Waals surface area contributed by atoms with Crippen molar-refractivity contribution in [2.75, 3.05) is 12.3 Å². The lowest BCUT2D eigenvalue weighted by atomic mass is 10.2. The molecule has 1 heterocycles. The van der Waals surface area contributed by atoms with E-state index in [1.54, 1.807) is 30.3 Å². The molecule has 21 heavy (non-hydrogen) atoms. The Kier molecular flexibility index (Phi) is 5.36. The Hall–Kier alpha value is -1.40. The van der Waals surface area contributed by atoms with Crippen LogP contribution in [0.3, 0.4) is 0 Å². The molecule has 0 saturated carbocycles. The Balaban J connectivity index is 2.00. The van der Waals surface area contributed by atoms with Crippen molar-refractivity contribution in [1.29, 1.82) is 0 Å². The topological polar surface area (TPSA) is 75.3 Å². The minimum atomic E-state index is -3.38. The van der Waals surface area contributed by atoms with Gasteiger partial charge in [-0.25, -0.2) is 8.42 Å². The number of nitrogens with one attached hydrogen (secondary N) is 2. The highest BCUT2D eigenvalue weighted by Gasteiger charge is 2.26. The van der Waals surface area contributed by atoms with Crippen molar-refractivity contribution in [2.45, 2.75) is 43.2 Å². The van der Waals surface area contributed by atoms with Crippen LogP contribution in [-0.4, -0.2) is 38.7 Å². The van der Waals surface area contributed by atoms with Crippen LogP contribution in [0.1, 0.15) is 26.2 Å². The normalized spacial score (nSPS) is 20.1. The fraction of sp³-hybridized carbons (Fsp3) is 0.533. The van der Waals surface area contributed by atoms with Crippen LogP contribution in [0.2, 0.25) is 0 Å². The Morgan fingerprint density at radius 2 is 2.10 bits per heavy atom. The van der Waals surface area contributed by atoms with Crippen LogP contribution in [0.4, 0.5) is 0 Å². The molecule has 6 heteroatoms. The fourth-order valence-corrected chi connectivity index (χ4v) is 4.07. The van der Waals surface area contributed by atoms with Gasteiger partial charge >= 0.3 is 0 Å². The molecular weight excluding hydrogens is 288 g/mol. The first-order valence-corrected chi connectivity index (χ1v) is 8.99. The summed E-state index contributed by atoms with van der Waals surface area (Å²) >= 11 is 0. The van der Waals surface area contributed by atoms with E-state index >= 15 is 0 Å². The predicted octanol–water partition coefficient (Wildman–Crippen LogP) is 1.11. The highest BCUT2D eigenvalue weighted by molar-refractivity contribution is 7.91. The van der Waals surface area contributed by atoms with Gasteiger partial charge in [0, 0.05) is 6.04 Å². The fourth-order valence-electron chi connectivity index (χ4n) is 2.46. The van der Waals surface area contributed by atoms with Crippen LogP contribution in [-0.2, 0) is 14.6 Å². The summed E-state index contributed by atoms with van der Waals surface area (Å²) in [5.41, 5.74) is 0. The zero-order valence-corrected chi connectivity index (χ0v) is 13.0. The van der Waals surface area contributed by atoms with Gasteiger partial charge in [0.25, 0.3) is 0 Å². The largest absolute Gasteiger partial charge is 0.351 e. The van der Waals surface area contributed by atoms with Crippen LogP contribution in [0, 0.1) is 0 Å². The zero-order valence-electron chi connectivity index (χ0n) is 12.2. The first-order chi connectivity index (χ1) is 10.0. The van der Waals surface area contributed by atoms with E-state index in [-0.39, 0.29) is 23.7 Å². The van der Waals surface area contributed by atoms with E-state index in [4.69, 9.17) is 0 Å². The maximum Gasteiger partial charge on any atom is 0.237 e. The molecule has 1 aromatic carbocycles. The van der Waals surface area contributed by atoms with Crippen molar-refractivity contribution in [2.24, 2.45) is 0 Å². The van der Waals surface area contributed by atoms with Gasteiger partial charge in [-0.3, -0.25) is 4.79 Å². The van der Waals surface area contributed by atoms with Crippen molar-refractivity contribution in [3.8, 4) is 0 Å². The molecule has 1 saturated heterocycles. The molecule has 1 aliphatic rings. The maximum absolute atomic E-state index is 12.3. The number of hydrogen-bond donors (Lipinski definition) is 2. The highest BCUT2D eigenvalue weighted by Crippen LogP contribution is 2.13. The minimum absolute atomic E-state index is 0.0635. The molecule has 2 atom stereocenters. The first kappa shape index (κ1) is 16.0. The number of carbonyl (C=O) groups excluding carboxylic acids is 1. The van der Waals surface area contributed by atoms with Crippen molar-refractivity contribution >= 4 is 15.7 Å². The van der Waals surface area contributed by atoms with E-state index in [9.17, 15) is 13.2 Å². The monoisotopic (exact) mass is 310 g/mol. The Bertz CT molecular complexity index is 566. The number of carbonyl (C=O) groups is 1. The molecule has 1 fully saturated rings. The molecule has 1 amide bonds. The summed E-state index contributed by atoms with van der Waals surface area (Å²) in [5, 5.41) is 5.97. The molecule has 0 aromatic heterocycles. The second kappa shape index (κ2) is 7.04. The van der Waals surface area contributed by atoms with Gasteiger partial charge in [0.1, 0.15) is 0 Å². The molecule has 0 aliphatic carbocycles. The smallest absolute Gasteiger partial charge is 0.237 e. The summed E-state index contributed by atoms with van der Waals surface area (Å²) in [6.07, 6.45) is 2.38. The van der Waals surface area contributed by atoms with Gasteiger partial charge in [-0.1, -0.05) is 25.1 Å². The summed E-state index contributed by atoms with van der Waals surface area (Å²) in [6.45, 7) is 2.73. The van der Waals surface area contributed by atoms with E-state index < -0.39 is 9.84 Å². The van der Waals surface area contributed by atoms with E-state index in [0.717, 1.165) is 19.4 Å². The highest BCUT2D eigenvalue weighted by atomic mass is 32.2. The predicted molar refractivity (Wildman–Crippen MR) is 81.7 cm³/mol. The Labute approximate surface area is 126 Å². The lowest BCUT2D eigenvalue weighted by molar-refractivity contribution is -0.123. The summed E-state index contributed by atoms with van der Waals surface area (Å²) in [7, 11) is -3.38. The van der Waals surface area contributed by atoms with Gasteiger partial charge in [-0.15, -0.1) is 0 Å². The van der Waals surface area contributed by atoms with E-state index in [1.165, 1.54) is 0 Å². The standard InChI is InChI=1S/C15H22N2O3S/c1-2-12(17-15(18)14-9-6-10-16-14)11-21(19,20)13-7-4-3-5-8-13/h3-5,7-8,12,14,16H,2,6,9-11H2,1H3,(H,17,18)/t12-,14+/m1/s1. The van der Waals surface area contributed by atoms with E-state index in [2.05, 4.69) is 10.6 Å². The van der Waals surface area contributed by atoms with Crippen LogP contribution in [0.15, 0.2) is 35.2 Å². The quantitative estimate of drug-likeness (QED) is 0.825. The van der Waals surface area contributed by atoms with E-state index in [0.29, 0.717) is 11.3 Å². The van der Waals surface area contributed by atoms with E-state index in [1.807, 2.05) is 6.92 Å². The summed E-state index contributed by atoms with van der Waals surface area (Å²) in [5.74, 6) is -0.158. The van der Waals surface area contributed by atoms with Gasteiger partial charge < -0.3 is 10.6 Å². The summed E-state index contributed by atoms with van der Waals surface area (Å²) < 4.78 is 24.7.